The Hall–Kier alpha value is -1.59. The molecule has 0 atom stereocenters. The van der Waals surface area contributed by atoms with E-state index in [1.165, 1.54) is 12.1 Å². The van der Waals surface area contributed by atoms with Gasteiger partial charge in [0.2, 0.25) is 0 Å². The standard InChI is InChI=1S/C17H21F4NO/c1-14(2)15(3,4)16(14,18)13(23)22-10-9-11-5-7-12(8-6-11)17(19,20)21/h5-8H,9-10H2,1-4H3,(H,22,23). The Kier molecular flexibility index (Phi) is 4.02. The van der Waals surface area contributed by atoms with Gasteiger partial charge in [-0.25, -0.2) is 4.39 Å². The molecule has 1 fully saturated rings. The van der Waals surface area contributed by atoms with E-state index < -0.39 is 34.1 Å². The van der Waals surface area contributed by atoms with E-state index in [0.29, 0.717) is 12.0 Å². The summed E-state index contributed by atoms with van der Waals surface area (Å²) in [6.45, 7) is 7.03. The summed E-state index contributed by atoms with van der Waals surface area (Å²) in [7, 11) is 0. The Balaban J connectivity index is 1.90. The molecule has 128 valence electrons. The van der Waals surface area contributed by atoms with Crippen molar-refractivity contribution in [2.24, 2.45) is 10.8 Å². The van der Waals surface area contributed by atoms with E-state index in [-0.39, 0.29) is 6.54 Å². The fourth-order valence-electron chi connectivity index (χ4n) is 3.11. The number of rotatable bonds is 4. The molecule has 1 N–H and O–H groups in total. The lowest BCUT2D eigenvalue weighted by atomic mass is 10.0. The van der Waals surface area contributed by atoms with Crippen LogP contribution >= 0.6 is 0 Å². The lowest BCUT2D eigenvalue weighted by Crippen LogP contribution is -2.39. The number of hydrogen-bond acceptors (Lipinski definition) is 1. The summed E-state index contributed by atoms with van der Waals surface area (Å²) in [5, 5.41) is 2.55. The Labute approximate surface area is 133 Å². The van der Waals surface area contributed by atoms with Crippen LogP contribution in [0.5, 0.6) is 0 Å². The molecule has 0 radical (unpaired) electrons. The minimum Gasteiger partial charge on any atom is -0.353 e. The first-order chi connectivity index (χ1) is 10.4. The Morgan fingerprint density at radius 1 is 1.04 bits per heavy atom. The van der Waals surface area contributed by atoms with Gasteiger partial charge in [0.25, 0.3) is 5.91 Å². The lowest BCUT2D eigenvalue weighted by Gasteiger charge is -2.13. The summed E-state index contributed by atoms with van der Waals surface area (Å²) >= 11 is 0. The molecule has 0 bridgehead atoms. The van der Waals surface area contributed by atoms with Crippen LogP contribution in [0.4, 0.5) is 17.6 Å². The van der Waals surface area contributed by atoms with Gasteiger partial charge >= 0.3 is 6.18 Å². The van der Waals surface area contributed by atoms with Crippen LogP contribution in [0.1, 0.15) is 38.8 Å². The van der Waals surface area contributed by atoms with Crippen molar-refractivity contribution >= 4 is 5.91 Å². The highest BCUT2D eigenvalue weighted by Crippen LogP contribution is 2.73. The predicted molar refractivity (Wildman–Crippen MR) is 79.6 cm³/mol. The second-order valence-electron chi connectivity index (χ2n) is 7.11. The SMILES string of the molecule is CC1(C)C(C)(C)C1(F)C(=O)NCCc1ccc(C(F)(F)F)cc1. The summed E-state index contributed by atoms with van der Waals surface area (Å²) in [5.74, 6) is -0.653. The number of halogens is 4. The summed E-state index contributed by atoms with van der Waals surface area (Å²) < 4.78 is 52.2. The maximum atomic E-state index is 14.8. The summed E-state index contributed by atoms with van der Waals surface area (Å²) in [4.78, 5) is 12.1. The number of amides is 1. The van der Waals surface area contributed by atoms with Crippen molar-refractivity contribution in [3.8, 4) is 0 Å². The van der Waals surface area contributed by atoms with E-state index >= 15 is 0 Å². The molecular formula is C17H21F4NO. The number of alkyl halides is 4. The van der Waals surface area contributed by atoms with Crippen molar-refractivity contribution in [2.75, 3.05) is 6.54 Å². The van der Waals surface area contributed by atoms with Crippen LogP contribution in [0.15, 0.2) is 24.3 Å². The molecule has 1 aliphatic carbocycles. The Morgan fingerprint density at radius 2 is 1.52 bits per heavy atom. The van der Waals surface area contributed by atoms with Crippen LogP contribution < -0.4 is 5.32 Å². The second-order valence-corrected chi connectivity index (χ2v) is 7.11. The molecule has 0 unspecified atom stereocenters. The number of nitrogens with one attached hydrogen (secondary N) is 1. The zero-order valence-electron chi connectivity index (χ0n) is 13.6. The molecule has 1 amide bonds. The van der Waals surface area contributed by atoms with E-state index in [0.717, 1.165) is 12.1 Å². The smallest absolute Gasteiger partial charge is 0.353 e. The molecule has 2 rings (SSSR count). The van der Waals surface area contributed by atoms with Crippen LogP contribution in [0.3, 0.4) is 0 Å². The van der Waals surface area contributed by atoms with Crippen LogP contribution in [-0.4, -0.2) is 18.1 Å². The van der Waals surface area contributed by atoms with E-state index in [2.05, 4.69) is 5.32 Å². The highest BCUT2D eigenvalue weighted by Gasteiger charge is 2.83. The summed E-state index contributed by atoms with van der Waals surface area (Å²) in [6.07, 6.45) is -4.02. The van der Waals surface area contributed by atoms with E-state index in [4.69, 9.17) is 0 Å². The van der Waals surface area contributed by atoms with Crippen molar-refractivity contribution in [3.63, 3.8) is 0 Å². The fourth-order valence-corrected chi connectivity index (χ4v) is 3.11. The average Bonchev–Trinajstić information content (AvgIpc) is 2.76. The maximum Gasteiger partial charge on any atom is 0.416 e. The topological polar surface area (TPSA) is 29.1 Å². The van der Waals surface area contributed by atoms with Gasteiger partial charge in [-0.3, -0.25) is 4.79 Å². The summed E-state index contributed by atoms with van der Waals surface area (Å²) in [5.41, 5.74) is -3.45. The molecule has 23 heavy (non-hydrogen) atoms. The van der Waals surface area contributed by atoms with E-state index in [1.807, 2.05) is 0 Å². The van der Waals surface area contributed by atoms with Crippen molar-refractivity contribution in [3.05, 3.63) is 35.4 Å². The van der Waals surface area contributed by atoms with Gasteiger partial charge in [0.05, 0.1) is 5.56 Å². The zero-order valence-corrected chi connectivity index (χ0v) is 13.6. The molecule has 0 heterocycles. The largest absolute Gasteiger partial charge is 0.416 e. The monoisotopic (exact) mass is 331 g/mol. The van der Waals surface area contributed by atoms with Gasteiger partial charge in [0, 0.05) is 17.4 Å². The third kappa shape index (κ3) is 2.62. The third-order valence-electron chi connectivity index (χ3n) is 5.52. The Morgan fingerprint density at radius 3 is 1.91 bits per heavy atom. The van der Waals surface area contributed by atoms with Crippen molar-refractivity contribution in [1.29, 1.82) is 0 Å². The minimum absolute atomic E-state index is 0.183. The van der Waals surface area contributed by atoms with Gasteiger partial charge in [0.15, 0.2) is 5.67 Å². The molecule has 6 heteroatoms. The van der Waals surface area contributed by atoms with Gasteiger partial charge in [-0.2, -0.15) is 13.2 Å². The highest BCUT2D eigenvalue weighted by atomic mass is 19.4. The van der Waals surface area contributed by atoms with Crippen molar-refractivity contribution in [2.45, 2.75) is 46.0 Å². The number of hydrogen-bond donors (Lipinski definition) is 1. The predicted octanol–water partition coefficient (Wildman–Crippen LogP) is 4.14. The van der Waals surface area contributed by atoms with Crippen LogP contribution in [0.2, 0.25) is 0 Å². The molecule has 2 nitrogen and oxygen atoms in total. The van der Waals surface area contributed by atoms with Crippen LogP contribution in [0, 0.1) is 10.8 Å². The maximum absolute atomic E-state index is 14.8. The first-order valence-corrected chi connectivity index (χ1v) is 7.49. The molecule has 1 aliphatic rings. The fraction of sp³-hybridized carbons (Fsp3) is 0.588. The quantitative estimate of drug-likeness (QED) is 0.826. The molecular weight excluding hydrogens is 310 g/mol. The normalized spacial score (nSPS) is 20.9. The molecule has 0 spiro atoms. The molecule has 0 aromatic heterocycles. The van der Waals surface area contributed by atoms with Gasteiger partial charge in [-0.15, -0.1) is 0 Å². The van der Waals surface area contributed by atoms with Crippen molar-refractivity contribution in [1.82, 2.24) is 5.32 Å². The first-order valence-electron chi connectivity index (χ1n) is 7.49. The number of carbonyl (C=O) groups excluding carboxylic acids is 1. The van der Waals surface area contributed by atoms with Gasteiger partial charge < -0.3 is 5.32 Å². The molecule has 1 aromatic rings. The summed E-state index contributed by atoms with van der Waals surface area (Å²) in [6, 6.07) is 4.73. The first kappa shape index (κ1) is 17.8. The Bertz CT molecular complexity index is 588. The molecule has 0 saturated heterocycles. The molecule has 1 saturated carbocycles. The lowest BCUT2D eigenvalue weighted by molar-refractivity contribution is -0.137. The van der Waals surface area contributed by atoms with Gasteiger partial charge in [0.1, 0.15) is 0 Å². The third-order valence-corrected chi connectivity index (χ3v) is 5.52. The number of carbonyl (C=O) groups is 1. The highest BCUT2D eigenvalue weighted by molar-refractivity contribution is 5.91. The minimum atomic E-state index is -4.36. The van der Waals surface area contributed by atoms with Gasteiger partial charge in [-0.1, -0.05) is 39.8 Å². The van der Waals surface area contributed by atoms with Gasteiger partial charge in [-0.05, 0) is 24.1 Å². The number of benzene rings is 1. The molecule has 1 aromatic carbocycles. The van der Waals surface area contributed by atoms with Crippen molar-refractivity contribution < 1.29 is 22.4 Å². The zero-order chi connectivity index (χ0) is 17.7. The van der Waals surface area contributed by atoms with E-state index in [1.54, 1.807) is 27.7 Å². The van der Waals surface area contributed by atoms with Crippen LogP contribution in [0.25, 0.3) is 0 Å². The molecule has 0 aliphatic heterocycles. The van der Waals surface area contributed by atoms with E-state index in [9.17, 15) is 22.4 Å². The second kappa shape index (κ2) is 5.21. The van der Waals surface area contributed by atoms with Crippen LogP contribution in [-0.2, 0) is 17.4 Å². The average molecular weight is 331 g/mol.